The van der Waals surface area contributed by atoms with E-state index in [4.69, 9.17) is 0 Å². The van der Waals surface area contributed by atoms with Crippen molar-refractivity contribution in [3.05, 3.63) is 16.5 Å². The molecule has 17 heavy (non-hydrogen) atoms. The first-order valence-corrected chi connectivity index (χ1v) is 7.11. The highest BCUT2D eigenvalue weighted by molar-refractivity contribution is 9.10. The molecular weight excluding hydrogens is 278 g/mol. The largest absolute Gasteiger partial charge is 0.356 e. The lowest BCUT2D eigenvalue weighted by Gasteiger charge is -2.37. The summed E-state index contributed by atoms with van der Waals surface area (Å²) in [6, 6.07) is 2.62. The van der Waals surface area contributed by atoms with Gasteiger partial charge in [-0.1, -0.05) is 19.8 Å². The minimum Gasteiger partial charge on any atom is -0.356 e. The Labute approximate surface area is 112 Å². The predicted molar refractivity (Wildman–Crippen MR) is 74.3 cm³/mol. The molecule has 0 spiro atoms. The van der Waals surface area contributed by atoms with Crippen molar-refractivity contribution in [2.24, 2.45) is 5.92 Å². The van der Waals surface area contributed by atoms with Crippen molar-refractivity contribution < 1.29 is 0 Å². The highest BCUT2D eigenvalue weighted by Crippen LogP contribution is 2.30. The molecule has 0 aromatic carbocycles. The van der Waals surface area contributed by atoms with E-state index in [1.54, 1.807) is 0 Å². The molecule has 1 saturated carbocycles. The summed E-state index contributed by atoms with van der Waals surface area (Å²) < 4.78 is 0.871. The van der Waals surface area contributed by atoms with Crippen molar-refractivity contribution in [3.8, 4) is 0 Å². The maximum Gasteiger partial charge on any atom is 0.133 e. The van der Waals surface area contributed by atoms with Gasteiger partial charge in [-0.2, -0.15) is 0 Å². The Kier molecular flexibility index (Phi) is 4.02. The van der Waals surface area contributed by atoms with Gasteiger partial charge in [0.25, 0.3) is 0 Å². The standard InChI is InChI=1S/C13H20BrN3/c1-9-6-4-5-7-11(9)17(3)13-8-12(14)15-10(2)16-13/h8-9,11H,4-7H2,1-3H3. The number of halogens is 1. The van der Waals surface area contributed by atoms with Crippen molar-refractivity contribution >= 4 is 21.7 Å². The number of nitrogens with zero attached hydrogens (tertiary/aromatic N) is 3. The van der Waals surface area contributed by atoms with Crippen LogP contribution in [-0.2, 0) is 0 Å². The summed E-state index contributed by atoms with van der Waals surface area (Å²) in [5, 5.41) is 0. The molecule has 2 rings (SSSR count). The van der Waals surface area contributed by atoms with Crippen LogP contribution < -0.4 is 4.90 Å². The van der Waals surface area contributed by atoms with Crippen LogP contribution in [0.3, 0.4) is 0 Å². The Bertz CT molecular complexity index is 374. The van der Waals surface area contributed by atoms with E-state index in [0.717, 1.165) is 22.2 Å². The Morgan fingerprint density at radius 1 is 1.29 bits per heavy atom. The minimum atomic E-state index is 0.616. The molecule has 0 aliphatic heterocycles. The van der Waals surface area contributed by atoms with Gasteiger partial charge in [-0.05, 0) is 41.6 Å². The molecule has 1 heterocycles. The number of aromatic nitrogens is 2. The average Bonchev–Trinajstić information content (AvgIpc) is 2.27. The first kappa shape index (κ1) is 12.8. The molecule has 1 aromatic heterocycles. The first-order chi connectivity index (χ1) is 8.08. The molecule has 2 unspecified atom stereocenters. The lowest BCUT2D eigenvalue weighted by Crippen LogP contribution is -2.39. The van der Waals surface area contributed by atoms with Crippen LogP contribution in [0.5, 0.6) is 0 Å². The van der Waals surface area contributed by atoms with E-state index in [2.05, 4.69) is 44.8 Å². The van der Waals surface area contributed by atoms with Crippen LogP contribution in [-0.4, -0.2) is 23.1 Å². The summed E-state index contributed by atoms with van der Waals surface area (Å²) >= 11 is 3.44. The van der Waals surface area contributed by atoms with E-state index >= 15 is 0 Å². The summed E-state index contributed by atoms with van der Waals surface area (Å²) in [5.74, 6) is 2.61. The van der Waals surface area contributed by atoms with Gasteiger partial charge in [-0.15, -0.1) is 0 Å². The third-order valence-corrected chi connectivity index (χ3v) is 4.12. The molecule has 1 aromatic rings. The Morgan fingerprint density at radius 3 is 2.65 bits per heavy atom. The van der Waals surface area contributed by atoms with Gasteiger partial charge in [0.15, 0.2) is 0 Å². The molecule has 4 heteroatoms. The molecule has 3 nitrogen and oxygen atoms in total. The molecule has 0 N–H and O–H groups in total. The Hall–Kier alpha value is -0.640. The van der Waals surface area contributed by atoms with Gasteiger partial charge in [0.2, 0.25) is 0 Å². The van der Waals surface area contributed by atoms with Gasteiger partial charge in [0.1, 0.15) is 16.2 Å². The van der Waals surface area contributed by atoms with Crippen molar-refractivity contribution in [1.29, 1.82) is 0 Å². The fourth-order valence-electron chi connectivity index (χ4n) is 2.74. The normalized spacial score (nSPS) is 24.7. The maximum absolute atomic E-state index is 4.53. The quantitative estimate of drug-likeness (QED) is 0.782. The van der Waals surface area contributed by atoms with Crippen LogP contribution in [0.4, 0.5) is 5.82 Å². The van der Waals surface area contributed by atoms with Gasteiger partial charge < -0.3 is 4.90 Å². The van der Waals surface area contributed by atoms with Crippen molar-refractivity contribution in [2.75, 3.05) is 11.9 Å². The van der Waals surface area contributed by atoms with E-state index in [9.17, 15) is 0 Å². The molecule has 0 bridgehead atoms. The lowest BCUT2D eigenvalue weighted by molar-refractivity contribution is 0.320. The van der Waals surface area contributed by atoms with E-state index in [1.165, 1.54) is 25.7 Å². The second-order valence-electron chi connectivity index (χ2n) is 5.04. The summed E-state index contributed by atoms with van der Waals surface area (Å²) in [7, 11) is 2.15. The molecule has 0 radical (unpaired) electrons. The molecule has 2 atom stereocenters. The number of aryl methyl sites for hydroxylation is 1. The topological polar surface area (TPSA) is 29.0 Å². The fourth-order valence-corrected chi connectivity index (χ4v) is 3.20. The molecule has 94 valence electrons. The summed E-state index contributed by atoms with van der Waals surface area (Å²) in [5.41, 5.74) is 0. The lowest BCUT2D eigenvalue weighted by atomic mass is 9.85. The first-order valence-electron chi connectivity index (χ1n) is 6.32. The van der Waals surface area contributed by atoms with Crippen molar-refractivity contribution in [3.63, 3.8) is 0 Å². The fraction of sp³-hybridized carbons (Fsp3) is 0.692. The molecule has 0 amide bonds. The smallest absolute Gasteiger partial charge is 0.133 e. The van der Waals surface area contributed by atoms with Crippen LogP contribution in [0, 0.1) is 12.8 Å². The summed E-state index contributed by atoms with van der Waals surface area (Å²) in [6.07, 6.45) is 5.32. The average molecular weight is 298 g/mol. The van der Waals surface area contributed by atoms with Gasteiger partial charge in [0, 0.05) is 19.2 Å². The number of anilines is 1. The SMILES string of the molecule is Cc1nc(Br)cc(N(C)C2CCCCC2C)n1. The zero-order chi connectivity index (χ0) is 12.4. The van der Waals surface area contributed by atoms with E-state index in [0.29, 0.717) is 6.04 Å². The molecular formula is C13H20BrN3. The summed E-state index contributed by atoms with van der Waals surface area (Å²) in [6.45, 7) is 4.29. The van der Waals surface area contributed by atoms with E-state index in [1.807, 2.05) is 13.0 Å². The van der Waals surface area contributed by atoms with Crippen LogP contribution in [0.1, 0.15) is 38.4 Å². The van der Waals surface area contributed by atoms with Crippen molar-refractivity contribution in [1.82, 2.24) is 9.97 Å². The Balaban J connectivity index is 2.20. The maximum atomic E-state index is 4.53. The second-order valence-corrected chi connectivity index (χ2v) is 5.85. The van der Waals surface area contributed by atoms with Gasteiger partial charge >= 0.3 is 0 Å². The van der Waals surface area contributed by atoms with E-state index in [-0.39, 0.29) is 0 Å². The third-order valence-electron chi connectivity index (χ3n) is 3.72. The monoisotopic (exact) mass is 297 g/mol. The summed E-state index contributed by atoms with van der Waals surface area (Å²) in [4.78, 5) is 11.1. The van der Waals surface area contributed by atoms with Crippen LogP contribution >= 0.6 is 15.9 Å². The molecule has 1 aliphatic carbocycles. The van der Waals surface area contributed by atoms with E-state index < -0.39 is 0 Å². The van der Waals surface area contributed by atoms with Crippen LogP contribution in [0.2, 0.25) is 0 Å². The van der Waals surface area contributed by atoms with Gasteiger partial charge in [-0.3, -0.25) is 0 Å². The minimum absolute atomic E-state index is 0.616. The van der Waals surface area contributed by atoms with Crippen molar-refractivity contribution in [2.45, 2.75) is 45.6 Å². The highest BCUT2D eigenvalue weighted by Gasteiger charge is 2.25. The van der Waals surface area contributed by atoms with Gasteiger partial charge in [-0.25, -0.2) is 9.97 Å². The predicted octanol–water partition coefficient (Wildman–Crippen LogP) is 3.56. The highest BCUT2D eigenvalue weighted by atomic mass is 79.9. The van der Waals surface area contributed by atoms with Crippen LogP contribution in [0.15, 0.2) is 10.7 Å². The molecule has 1 fully saturated rings. The number of rotatable bonds is 2. The zero-order valence-corrected chi connectivity index (χ0v) is 12.4. The molecule has 0 saturated heterocycles. The molecule has 1 aliphatic rings. The van der Waals surface area contributed by atoms with Crippen LogP contribution in [0.25, 0.3) is 0 Å². The second kappa shape index (κ2) is 5.34. The zero-order valence-electron chi connectivity index (χ0n) is 10.8. The van der Waals surface area contributed by atoms with Gasteiger partial charge in [0.05, 0.1) is 0 Å². The Morgan fingerprint density at radius 2 is 2.00 bits per heavy atom. The number of hydrogen-bond donors (Lipinski definition) is 0. The third kappa shape index (κ3) is 2.97. The number of hydrogen-bond acceptors (Lipinski definition) is 3.